The minimum Gasteiger partial charge on any atom is -0.298 e. The lowest BCUT2D eigenvalue weighted by Gasteiger charge is -2.01. The molecule has 0 bridgehead atoms. The number of hydrogen-bond donors (Lipinski definition) is 1. The second-order valence-electron chi connectivity index (χ2n) is 5.94. The lowest BCUT2D eigenvalue weighted by atomic mass is 10.1. The molecule has 27 heavy (non-hydrogen) atoms. The van der Waals surface area contributed by atoms with Crippen molar-refractivity contribution in [3.8, 4) is 11.3 Å². The van der Waals surface area contributed by atoms with Gasteiger partial charge in [0.05, 0.1) is 5.69 Å². The number of rotatable bonds is 4. The predicted molar refractivity (Wildman–Crippen MR) is 114 cm³/mol. The van der Waals surface area contributed by atoms with E-state index in [4.69, 9.17) is 11.6 Å². The Balaban J connectivity index is 1.49. The molecular formula is C22H15ClN2OS. The summed E-state index contributed by atoms with van der Waals surface area (Å²) in [7, 11) is 0. The van der Waals surface area contributed by atoms with Crippen molar-refractivity contribution < 1.29 is 4.79 Å². The summed E-state index contributed by atoms with van der Waals surface area (Å²) in [5, 5.41) is 8.26. The highest BCUT2D eigenvalue weighted by Gasteiger charge is 2.07. The Labute approximate surface area is 166 Å². The molecule has 0 unspecified atom stereocenters. The number of benzene rings is 3. The summed E-state index contributed by atoms with van der Waals surface area (Å²) in [6.07, 6.45) is 3.15. The van der Waals surface area contributed by atoms with Crippen LogP contribution in [0.2, 0.25) is 5.02 Å². The average molecular weight is 391 g/mol. The number of aromatic nitrogens is 1. The number of carbonyl (C=O) groups is 1. The van der Waals surface area contributed by atoms with Gasteiger partial charge in [-0.2, -0.15) is 0 Å². The first kappa shape index (κ1) is 17.5. The molecule has 0 fully saturated rings. The molecule has 4 aromatic rings. The maximum Gasteiger partial charge on any atom is 0.250 e. The quantitative estimate of drug-likeness (QED) is 0.417. The van der Waals surface area contributed by atoms with Crippen LogP contribution in [-0.4, -0.2) is 10.9 Å². The van der Waals surface area contributed by atoms with Gasteiger partial charge in [0.2, 0.25) is 5.91 Å². The fourth-order valence-corrected chi connectivity index (χ4v) is 3.66. The molecule has 0 atom stereocenters. The number of carbonyl (C=O) groups excluding carboxylic acids is 1. The molecule has 3 nitrogen and oxygen atoms in total. The van der Waals surface area contributed by atoms with Crippen LogP contribution >= 0.6 is 22.9 Å². The van der Waals surface area contributed by atoms with E-state index < -0.39 is 0 Å². The minimum atomic E-state index is -0.241. The van der Waals surface area contributed by atoms with Gasteiger partial charge in [-0.05, 0) is 34.5 Å². The average Bonchev–Trinajstić information content (AvgIpc) is 3.15. The molecule has 5 heteroatoms. The summed E-state index contributed by atoms with van der Waals surface area (Å²) in [6.45, 7) is 0. The minimum absolute atomic E-state index is 0.241. The van der Waals surface area contributed by atoms with Crippen LogP contribution in [0.4, 0.5) is 5.13 Å². The largest absolute Gasteiger partial charge is 0.298 e. The third-order valence-corrected chi connectivity index (χ3v) is 5.20. The number of amides is 1. The van der Waals surface area contributed by atoms with Crippen molar-refractivity contribution in [1.82, 2.24) is 4.98 Å². The van der Waals surface area contributed by atoms with Gasteiger partial charge in [0.25, 0.3) is 0 Å². The number of fused-ring (bicyclic) bond motifs is 1. The van der Waals surface area contributed by atoms with Gasteiger partial charge in [0, 0.05) is 22.0 Å². The fraction of sp³-hybridized carbons (Fsp3) is 0. The smallest absolute Gasteiger partial charge is 0.250 e. The SMILES string of the molecule is O=C(C=Cc1ccccc1Cl)Nc1nc(-c2ccc3ccccc3c2)cs1. The number of anilines is 1. The normalized spacial score (nSPS) is 11.1. The molecule has 0 saturated carbocycles. The van der Waals surface area contributed by atoms with Crippen molar-refractivity contribution in [2.45, 2.75) is 0 Å². The van der Waals surface area contributed by atoms with Crippen molar-refractivity contribution in [3.05, 3.63) is 88.8 Å². The van der Waals surface area contributed by atoms with Gasteiger partial charge >= 0.3 is 0 Å². The standard InChI is InChI=1S/C22H15ClN2OS/c23-19-8-4-3-6-16(19)11-12-21(26)25-22-24-20(14-27-22)18-10-9-15-5-1-2-7-17(15)13-18/h1-14H,(H,24,25,26). The lowest BCUT2D eigenvalue weighted by molar-refractivity contribution is -0.111. The van der Waals surface area contributed by atoms with Crippen molar-refractivity contribution in [1.29, 1.82) is 0 Å². The van der Waals surface area contributed by atoms with Crippen LogP contribution in [0.5, 0.6) is 0 Å². The third kappa shape index (κ3) is 4.08. The van der Waals surface area contributed by atoms with E-state index in [-0.39, 0.29) is 5.91 Å². The van der Waals surface area contributed by atoms with Crippen LogP contribution in [0.1, 0.15) is 5.56 Å². The Morgan fingerprint density at radius 1 is 1.00 bits per heavy atom. The van der Waals surface area contributed by atoms with Crippen LogP contribution in [0.3, 0.4) is 0 Å². The number of nitrogens with one attached hydrogen (secondary N) is 1. The molecular weight excluding hydrogens is 376 g/mol. The predicted octanol–water partition coefficient (Wildman–Crippen LogP) is 6.27. The fourth-order valence-electron chi connectivity index (χ4n) is 2.74. The first-order chi connectivity index (χ1) is 13.2. The van der Waals surface area contributed by atoms with E-state index >= 15 is 0 Å². The molecule has 4 rings (SSSR count). The Hall–Kier alpha value is -2.95. The summed E-state index contributed by atoms with van der Waals surface area (Å²) in [5.74, 6) is -0.241. The van der Waals surface area contributed by atoms with Crippen molar-refractivity contribution >= 4 is 50.8 Å². The second kappa shape index (κ2) is 7.74. The van der Waals surface area contributed by atoms with E-state index in [1.807, 2.05) is 41.8 Å². The first-order valence-corrected chi connectivity index (χ1v) is 9.63. The van der Waals surface area contributed by atoms with Gasteiger partial charge in [-0.15, -0.1) is 11.3 Å². The number of nitrogens with zero attached hydrogens (tertiary/aromatic N) is 1. The summed E-state index contributed by atoms with van der Waals surface area (Å²) in [5.41, 5.74) is 2.67. The van der Waals surface area contributed by atoms with E-state index in [2.05, 4.69) is 34.6 Å². The molecule has 3 aromatic carbocycles. The molecule has 132 valence electrons. The van der Waals surface area contributed by atoms with E-state index in [0.29, 0.717) is 10.2 Å². The Morgan fingerprint density at radius 2 is 1.78 bits per heavy atom. The highest BCUT2D eigenvalue weighted by molar-refractivity contribution is 7.14. The molecule has 1 aromatic heterocycles. The topological polar surface area (TPSA) is 42.0 Å². The molecule has 1 heterocycles. The first-order valence-electron chi connectivity index (χ1n) is 8.37. The van der Waals surface area contributed by atoms with Crippen LogP contribution in [0.15, 0.2) is 78.2 Å². The van der Waals surface area contributed by atoms with E-state index in [9.17, 15) is 4.79 Å². The van der Waals surface area contributed by atoms with Gasteiger partial charge in [-0.1, -0.05) is 66.2 Å². The lowest BCUT2D eigenvalue weighted by Crippen LogP contribution is -2.07. The molecule has 1 amide bonds. The van der Waals surface area contributed by atoms with Gasteiger partial charge < -0.3 is 0 Å². The zero-order chi connectivity index (χ0) is 18.6. The number of hydrogen-bond acceptors (Lipinski definition) is 3. The highest BCUT2D eigenvalue weighted by Crippen LogP contribution is 2.27. The van der Waals surface area contributed by atoms with Gasteiger partial charge in [-0.3, -0.25) is 10.1 Å². The van der Waals surface area contributed by atoms with E-state index in [0.717, 1.165) is 22.2 Å². The maximum atomic E-state index is 12.1. The summed E-state index contributed by atoms with van der Waals surface area (Å²) < 4.78 is 0. The van der Waals surface area contributed by atoms with E-state index in [1.165, 1.54) is 22.8 Å². The monoisotopic (exact) mass is 390 g/mol. The van der Waals surface area contributed by atoms with Crippen molar-refractivity contribution in [2.75, 3.05) is 5.32 Å². The van der Waals surface area contributed by atoms with Gasteiger partial charge in [0.15, 0.2) is 5.13 Å². The van der Waals surface area contributed by atoms with Crippen LogP contribution in [0, 0.1) is 0 Å². The number of thiazole rings is 1. The molecule has 0 aliphatic rings. The summed E-state index contributed by atoms with van der Waals surface area (Å²) in [6, 6.07) is 21.8. The van der Waals surface area contributed by atoms with Crippen molar-refractivity contribution in [2.24, 2.45) is 0 Å². The van der Waals surface area contributed by atoms with Gasteiger partial charge in [-0.25, -0.2) is 4.98 Å². The Bertz CT molecular complexity index is 1150. The molecule has 0 spiro atoms. The number of halogens is 1. The van der Waals surface area contributed by atoms with Crippen molar-refractivity contribution in [3.63, 3.8) is 0 Å². The van der Waals surface area contributed by atoms with Crippen LogP contribution in [-0.2, 0) is 4.79 Å². The molecule has 0 aliphatic carbocycles. The molecule has 0 radical (unpaired) electrons. The second-order valence-corrected chi connectivity index (χ2v) is 7.21. The molecule has 0 aliphatic heterocycles. The van der Waals surface area contributed by atoms with Gasteiger partial charge in [0.1, 0.15) is 0 Å². The highest BCUT2D eigenvalue weighted by atomic mass is 35.5. The van der Waals surface area contributed by atoms with Crippen LogP contribution in [0.25, 0.3) is 28.1 Å². The summed E-state index contributed by atoms with van der Waals surface area (Å²) in [4.78, 5) is 16.7. The maximum absolute atomic E-state index is 12.1. The molecule has 1 N–H and O–H groups in total. The third-order valence-electron chi connectivity index (χ3n) is 4.10. The zero-order valence-corrected chi connectivity index (χ0v) is 15.8. The van der Waals surface area contributed by atoms with Crippen LogP contribution < -0.4 is 5.32 Å². The molecule has 0 saturated heterocycles. The zero-order valence-electron chi connectivity index (χ0n) is 14.2. The Morgan fingerprint density at radius 3 is 2.63 bits per heavy atom. The van der Waals surface area contributed by atoms with E-state index in [1.54, 1.807) is 12.1 Å². The Kier molecular flexibility index (Phi) is 5.01. The summed E-state index contributed by atoms with van der Waals surface area (Å²) >= 11 is 7.49.